The summed E-state index contributed by atoms with van der Waals surface area (Å²) in [7, 11) is 0. The fourth-order valence-electron chi connectivity index (χ4n) is 2.55. The number of aromatic nitrogens is 1. The molecule has 1 heterocycles. The van der Waals surface area contributed by atoms with Gasteiger partial charge in [0.05, 0.1) is 6.04 Å². The van der Waals surface area contributed by atoms with Gasteiger partial charge in [-0.05, 0) is 30.9 Å². The standard InChI is InChI=1S/C14H16N2S/c1-10(14-15-6-7-17-14)16-13-8-11-4-2-3-5-12(11)9-13/h2-7,10,13,16H,8-9H2,1H3. The number of thiazole rings is 1. The van der Waals surface area contributed by atoms with Gasteiger partial charge in [-0.2, -0.15) is 0 Å². The number of nitrogens with zero attached hydrogens (tertiary/aromatic N) is 1. The number of benzene rings is 1. The predicted molar refractivity (Wildman–Crippen MR) is 71.3 cm³/mol. The molecule has 1 aliphatic carbocycles. The van der Waals surface area contributed by atoms with E-state index in [4.69, 9.17) is 0 Å². The minimum atomic E-state index is 0.356. The first-order valence-electron chi connectivity index (χ1n) is 6.05. The average molecular weight is 244 g/mol. The molecular weight excluding hydrogens is 228 g/mol. The van der Waals surface area contributed by atoms with Gasteiger partial charge in [-0.15, -0.1) is 11.3 Å². The van der Waals surface area contributed by atoms with Crippen molar-refractivity contribution in [2.75, 3.05) is 0 Å². The molecule has 0 amide bonds. The van der Waals surface area contributed by atoms with Gasteiger partial charge in [-0.1, -0.05) is 24.3 Å². The molecule has 0 saturated carbocycles. The summed E-state index contributed by atoms with van der Waals surface area (Å²) in [4.78, 5) is 4.36. The van der Waals surface area contributed by atoms with Crippen molar-refractivity contribution in [3.63, 3.8) is 0 Å². The molecule has 0 spiro atoms. The molecule has 1 aliphatic rings. The lowest BCUT2D eigenvalue weighted by Crippen LogP contribution is -2.31. The molecule has 3 heteroatoms. The summed E-state index contributed by atoms with van der Waals surface area (Å²) in [6.07, 6.45) is 4.17. The molecule has 1 atom stereocenters. The maximum atomic E-state index is 4.36. The highest BCUT2D eigenvalue weighted by atomic mass is 32.1. The zero-order valence-corrected chi connectivity index (χ0v) is 10.7. The van der Waals surface area contributed by atoms with Crippen molar-refractivity contribution in [3.8, 4) is 0 Å². The van der Waals surface area contributed by atoms with Crippen LogP contribution in [0.25, 0.3) is 0 Å². The van der Waals surface area contributed by atoms with Crippen LogP contribution < -0.4 is 5.32 Å². The van der Waals surface area contributed by atoms with Crippen molar-refractivity contribution in [1.82, 2.24) is 10.3 Å². The summed E-state index contributed by atoms with van der Waals surface area (Å²) in [5.74, 6) is 0. The molecule has 17 heavy (non-hydrogen) atoms. The van der Waals surface area contributed by atoms with E-state index in [9.17, 15) is 0 Å². The highest BCUT2D eigenvalue weighted by Gasteiger charge is 2.22. The van der Waals surface area contributed by atoms with Crippen LogP contribution in [0.2, 0.25) is 0 Å². The van der Waals surface area contributed by atoms with Crippen LogP contribution in [0.3, 0.4) is 0 Å². The Labute approximate surface area is 106 Å². The van der Waals surface area contributed by atoms with Gasteiger partial charge in [0.25, 0.3) is 0 Å². The van der Waals surface area contributed by atoms with Crippen LogP contribution in [0.4, 0.5) is 0 Å². The van der Waals surface area contributed by atoms with Gasteiger partial charge in [-0.25, -0.2) is 4.98 Å². The van der Waals surface area contributed by atoms with Crippen LogP contribution in [-0.2, 0) is 12.8 Å². The Morgan fingerprint density at radius 2 is 2.00 bits per heavy atom. The quantitative estimate of drug-likeness (QED) is 0.898. The minimum Gasteiger partial charge on any atom is -0.305 e. The zero-order valence-electron chi connectivity index (χ0n) is 9.89. The van der Waals surface area contributed by atoms with Gasteiger partial charge < -0.3 is 5.32 Å². The first-order chi connectivity index (χ1) is 8.33. The molecule has 0 radical (unpaired) electrons. The van der Waals surface area contributed by atoms with Gasteiger partial charge in [0.1, 0.15) is 5.01 Å². The van der Waals surface area contributed by atoms with E-state index in [0.717, 1.165) is 12.8 Å². The molecule has 1 N–H and O–H groups in total. The van der Waals surface area contributed by atoms with Gasteiger partial charge in [0.15, 0.2) is 0 Å². The third-order valence-corrected chi connectivity index (χ3v) is 4.32. The fourth-order valence-corrected chi connectivity index (χ4v) is 3.20. The Hall–Kier alpha value is -1.19. The number of fused-ring (bicyclic) bond motifs is 1. The monoisotopic (exact) mass is 244 g/mol. The summed E-state index contributed by atoms with van der Waals surface area (Å²) >= 11 is 1.72. The lowest BCUT2D eigenvalue weighted by Gasteiger charge is -2.17. The van der Waals surface area contributed by atoms with Crippen molar-refractivity contribution in [2.45, 2.75) is 31.8 Å². The second-order valence-corrected chi connectivity index (χ2v) is 5.56. The molecule has 2 aromatic rings. The van der Waals surface area contributed by atoms with Crippen molar-refractivity contribution in [1.29, 1.82) is 0 Å². The van der Waals surface area contributed by atoms with Crippen LogP contribution in [0.1, 0.15) is 29.1 Å². The van der Waals surface area contributed by atoms with E-state index in [0.29, 0.717) is 12.1 Å². The molecular formula is C14H16N2S. The molecule has 3 rings (SSSR count). The fraction of sp³-hybridized carbons (Fsp3) is 0.357. The van der Waals surface area contributed by atoms with E-state index in [1.54, 1.807) is 11.3 Å². The van der Waals surface area contributed by atoms with Crippen LogP contribution in [0.5, 0.6) is 0 Å². The van der Waals surface area contributed by atoms with Crippen LogP contribution in [-0.4, -0.2) is 11.0 Å². The average Bonchev–Trinajstić information content (AvgIpc) is 2.97. The first kappa shape index (κ1) is 10.9. The Balaban J connectivity index is 1.66. The molecule has 0 aliphatic heterocycles. The van der Waals surface area contributed by atoms with Gasteiger partial charge >= 0.3 is 0 Å². The van der Waals surface area contributed by atoms with Crippen molar-refractivity contribution < 1.29 is 0 Å². The third-order valence-electron chi connectivity index (χ3n) is 3.36. The van der Waals surface area contributed by atoms with Crippen LogP contribution >= 0.6 is 11.3 Å². The number of hydrogen-bond acceptors (Lipinski definition) is 3. The highest BCUT2D eigenvalue weighted by Crippen LogP contribution is 2.24. The van der Waals surface area contributed by atoms with Crippen LogP contribution in [0, 0.1) is 0 Å². The normalized spacial score (nSPS) is 17.0. The Kier molecular flexibility index (Phi) is 2.95. The second kappa shape index (κ2) is 4.59. The smallest absolute Gasteiger partial charge is 0.109 e. The van der Waals surface area contributed by atoms with Crippen molar-refractivity contribution in [3.05, 3.63) is 52.0 Å². The first-order valence-corrected chi connectivity index (χ1v) is 6.93. The van der Waals surface area contributed by atoms with E-state index in [1.165, 1.54) is 16.1 Å². The lowest BCUT2D eigenvalue weighted by atomic mass is 10.1. The molecule has 1 unspecified atom stereocenters. The Morgan fingerprint density at radius 3 is 2.59 bits per heavy atom. The van der Waals surface area contributed by atoms with E-state index in [1.807, 2.05) is 11.6 Å². The molecule has 1 aromatic heterocycles. The Morgan fingerprint density at radius 1 is 1.29 bits per heavy atom. The topological polar surface area (TPSA) is 24.9 Å². The van der Waals surface area contributed by atoms with E-state index >= 15 is 0 Å². The molecule has 2 nitrogen and oxygen atoms in total. The van der Waals surface area contributed by atoms with Gasteiger partial charge in [0, 0.05) is 17.6 Å². The molecule has 0 bridgehead atoms. The molecule has 1 aromatic carbocycles. The SMILES string of the molecule is CC(NC1Cc2ccccc2C1)c1nccs1. The van der Waals surface area contributed by atoms with E-state index < -0.39 is 0 Å². The zero-order chi connectivity index (χ0) is 11.7. The molecule has 88 valence electrons. The number of hydrogen-bond donors (Lipinski definition) is 1. The van der Waals surface area contributed by atoms with Gasteiger partial charge in [-0.3, -0.25) is 0 Å². The van der Waals surface area contributed by atoms with Crippen LogP contribution in [0.15, 0.2) is 35.8 Å². The highest BCUT2D eigenvalue weighted by molar-refractivity contribution is 7.09. The van der Waals surface area contributed by atoms with E-state index in [-0.39, 0.29) is 0 Å². The van der Waals surface area contributed by atoms with Crippen molar-refractivity contribution >= 4 is 11.3 Å². The summed E-state index contributed by atoms with van der Waals surface area (Å²) in [5, 5.41) is 6.90. The number of rotatable bonds is 3. The maximum absolute atomic E-state index is 4.36. The summed E-state index contributed by atoms with van der Waals surface area (Å²) in [5.41, 5.74) is 2.99. The van der Waals surface area contributed by atoms with E-state index in [2.05, 4.69) is 41.5 Å². The summed E-state index contributed by atoms with van der Waals surface area (Å²) in [6.45, 7) is 2.20. The van der Waals surface area contributed by atoms with Gasteiger partial charge in [0.2, 0.25) is 0 Å². The maximum Gasteiger partial charge on any atom is 0.109 e. The second-order valence-electron chi connectivity index (χ2n) is 4.63. The lowest BCUT2D eigenvalue weighted by molar-refractivity contribution is 0.466. The third kappa shape index (κ3) is 2.26. The molecule has 0 fully saturated rings. The Bertz CT molecular complexity index is 468. The molecule has 0 saturated heterocycles. The predicted octanol–water partition coefficient (Wildman–Crippen LogP) is 2.96. The summed E-state index contributed by atoms with van der Waals surface area (Å²) < 4.78 is 0. The largest absolute Gasteiger partial charge is 0.305 e. The minimum absolute atomic E-state index is 0.356. The summed E-state index contributed by atoms with van der Waals surface area (Å²) in [6, 6.07) is 9.66. The number of nitrogens with one attached hydrogen (secondary N) is 1. The van der Waals surface area contributed by atoms with Crippen molar-refractivity contribution in [2.24, 2.45) is 0 Å².